The minimum Gasteiger partial charge on any atom is -0.371 e. The van der Waals surface area contributed by atoms with E-state index in [1.807, 2.05) is 24.3 Å². The molecule has 4 rings (SSSR count). The molecule has 3 aromatic rings. The second-order valence-corrected chi connectivity index (χ2v) is 8.87. The molecule has 1 saturated heterocycles. The van der Waals surface area contributed by atoms with E-state index in [1.54, 1.807) is 3.96 Å². The third-order valence-corrected chi connectivity index (χ3v) is 6.76. The highest BCUT2D eigenvalue weighted by molar-refractivity contribution is 7.15. The first-order valence-corrected chi connectivity index (χ1v) is 11.1. The van der Waals surface area contributed by atoms with Crippen LogP contribution in [0, 0.1) is 0 Å². The molecule has 1 N–H and O–H groups in total. The second kappa shape index (κ2) is 8.93. The Kier molecular flexibility index (Phi) is 6.13. The number of hydrogen-bond acceptors (Lipinski definition) is 7. The Morgan fingerprint density at radius 1 is 1.25 bits per heavy atom. The third kappa shape index (κ3) is 4.48. The minimum atomic E-state index is -0.0472. The molecule has 1 amide bonds. The summed E-state index contributed by atoms with van der Waals surface area (Å²) in [5.41, 5.74) is 0.0802. The molecular formula is C19H22N4O3S2. The number of carbonyl (C=O) groups excluding carboxylic acids is 1. The average molecular weight is 419 g/mol. The monoisotopic (exact) mass is 418 g/mol. The highest BCUT2D eigenvalue weighted by atomic mass is 32.1. The molecule has 0 radical (unpaired) electrons. The number of nitrogens with zero attached hydrogens (tertiary/aromatic N) is 3. The molecule has 148 valence electrons. The standard InChI is InChI=1S/C19H22N4O3S2/c24-16(20-19-22-21-17(27-19)14-8-6-12-26-14)10-2-1-5-11-23-18(25)13-7-3-4-9-15(13)28-23/h3-4,7,9,14H,1-2,5-6,8,10-12H2,(H,20,22,24)/t14-/m0/s1. The highest BCUT2D eigenvalue weighted by Crippen LogP contribution is 2.31. The first-order valence-electron chi connectivity index (χ1n) is 9.54. The number of ether oxygens (including phenoxy) is 1. The van der Waals surface area contributed by atoms with Crippen molar-refractivity contribution >= 4 is 44.0 Å². The van der Waals surface area contributed by atoms with Gasteiger partial charge in [-0.05, 0) is 37.8 Å². The van der Waals surface area contributed by atoms with Crippen LogP contribution in [0.1, 0.15) is 49.6 Å². The van der Waals surface area contributed by atoms with E-state index in [0.717, 1.165) is 53.8 Å². The van der Waals surface area contributed by atoms with Crippen LogP contribution < -0.4 is 10.9 Å². The largest absolute Gasteiger partial charge is 0.371 e. The van der Waals surface area contributed by atoms with Crippen molar-refractivity contribution in [1.29, 1.82) is 0 Å². The average Bonchev–Trinajstić information content (AvgIpc) is 3.43. The summed E-state index contributed by atoms with van der Waals surface area (Å²) < 4.78 is 8.41. The molecule has 0 bridgehead atoms. The Bertz CT molecular complexity index is 1000. The van der Waals surface area contributed by atoms with E-state index in [0.29, 0.717) is 18.1 Å². The van der Waals surface area contributed by atoms with E-state index in [-0.39, 0.29) is 17.6 Å². The third-order valence-electron chi connectivity index (χ3n) is 4.71. The normalized spacial score (nSPS) is 16.6. The quantitative estimate of drug-likeness (QED) is 0.560. The van der Waals surface area contributed by atoms with Gasteiger partial charge in [0, 0.05) is 19.6 Å². The van der Waals surface area contributed by atoms with Crippen LogP contribution in [0.15, 0.2) is 29.1 Å². The summed E-state index contributed by atoms with van der Waals surface area (Å²) in [6.07, 6.45) is 5.03. The summed E-state index contributed by atoms with van der Waals surface area (Å²) in [4.78, 5) is 24.4. The zero-order valence-electron chi connectivity index (χ0n) is 15.4. The van der Waals surface area contributed by atoms with Gasteiger partial charge < -0.3 is 10.1 Å². The van der Waals surface area contributed by atoms with Crippen molar-refractivity contribution < 1.29 is 9.53 Å². The Morgan fingerprint density at radius 3 is 2.96 bits per heavy atom. The number of anilines is 1. The van der Waals surface area contributed by atoms with Crippen molar-refractivity contribution in [2.24, 2.45) is 0 Å². The van der Waals surface area contributed by atoms with Crippen LogP contribution in [0.3, 0.4) is 0 Å². The molecule has 9 heteroatoms. The maximum Gasteiger partial charge on any atom is 0.268 e. The Labute approximate surface area is 170 Å². The first kappa shape index (κ1) is 19.2. The van der Waals surface area contributed by atoms with Crippen molar-refractivity contribution in [2.75, 3.05) is 11.9 Å². The van der Waals surface area contributed by atoms with Crippen LogP contribution >= 0.6 is 22.9 Å². The van der Waals surface area contributed by atoms with Crippen LogP contribution in [0.4, 0.5) is 5.13 Å². The lowest BCUT2D eigenvalue weighted by molar-refractivity contribution is -0.116. The number of unbranched alkanes of at least 4 members (excludes halogenated alkanes) is 2. The van der Waals surface area contributed by atoms with Crippen LogP contribution in [-0.4, -0.2) is 26.7 Å². The summed E-state index contributed by atoms with van der Waals surface area (Å²) in [5, 5.41) is 13.1. The van der Waals surface area contributed by atoms with Gasteiger partial charge in [-0.25, -0.2) is 0 Å². The maximum atomic E-state index is 12.3. The van der Waals surface area contributed by atoms with E-state index in [9.17, 15) is 9.59 Å². The van der Waals surface area contributed by atoms with E-state index in [4.69, 9.17) is 4.74 Å². The molecule has 3 heterocycles. The van der Waals surface area contributed by atoms with Crippen LogP contribution in [0.5, 0.6) is 0 Å². The molecule has 1 fully saturated rings. The lowest BCUT2D eigenvalue weighted by Crippen LogP contribution is -2.13. The molecule has 0 aliphatic carbocycles. The number of amides is 1. The molecule has 1 aromatic carbocycles. The van der Waals surface area contributed by atoms with Gasteiger partial charge in [0.1, 0.15) is 11.1 Å². The lowest BCUT2D eigenvalue weighted by atomic mass is 10.2. The Balaban J connectivity index is 1.18. The number of benzene rings is 1. The van der Waals surface area contributed by atoms with Crippen molar-refractivity contribution in [3.8, 4) is 0 Å². The van der Waals surface area contributed by atoms with Gasteiger partial charge in [0.2, 0.25) is 11.0 Å². The Morgan fingerprint density at radius 2 is 2.14 bits per heavy atom. The van der Waals surface area contributed by atoms with Gasteiger partial charge in [-0.1, -0.05) is 41.4 Å². The smallest absolute Gasteiger partial charge is 0.268 e. The molecule has 2 aromatic heterocycles. The zero-order chi connectivity index (χ0) is 19.3. The van der Waals surface area contributed by atoms with E-state index in [1.165, 1.54) is 22.9 Å². The lowest BCUT2D eigenvalue weighted by Gasteiger charge is -2.03. The summed E-state index contributed by atoms with van der Waals surface area (Å²) in [6.45, 7) is 1.46. The van der Waals surface area contributed by atoms with Crippen molar-refractivity contribution in [1.82, 2.24) is 14.2 Å². The van der Waals surface area contributed by atoms with Crippen molar-refractivity contribution in [3.63, 3.8) is 0 Å². The van der Waals surface area contributed by atoms with Gasteiger partial charge in [0.25, 0.3) is 5.56 Å². The second-order valence-electron chi connectivity index (χ2n) is 6.80. The van der Waals surface area contributed by atoms with E-state index in [2.05, 4.69) is 15.5 Å². The van der Waals surface area contributed by atoms with Gasteiger partial charge in [-0.2, -0.15) is 0 Å². The molecule has 0 saturated carbocycles. The number of aryl methyl sites for hydroxylation is 1. The van der Waals surface area contributed by atoms with Gasteiger partial charge in [0.15, 0.2) is 0 Å². The predicted molar refractivity (Wildman–Crippen MR) is 111 cm³/mol. The number of hydrogen-bond donors (Lipinski definition) is 1. The minimum absolute atomic E-state index is 0.0282. The maximum absolute atomic E-state index is 12.3. The number of rotatable bonds is 8. The highest BCUT2D eigenvalue weighted by Gasteiger charge is 2.22. The number of aromatic nitrogens is 3. The fourth-order valence-corrected chi connectivity index (χ4v) is 5.13. The van der Waals surface area contributed by atoms with Gasteiger partial charge >= 0.3 is 0 Å². The molecule has 1 aliphatic heterocycles. The molecule has 1 atom stereocenters. The van der Waals surface area contributed by atoms with Crippen molar-refractivity contribution in [3.05, 3.63) is 39.6 Å². The van der Waals surface area contributed by atoms with E-state index >= 15 is 0 Å². The van der Waals surface area contributed by atoms with E-state index < -0.39 is 0 Å². The van der Waals surface area contributed by atoms with Gasteiger partial charge in [0.05, 0.1) is 10.1 Å². The fraction of sp³-hybridized carbons (Fsp3) is 0.474. The molecule has 7 nitrogen and oxygen atoms in total. The van der Waals surface area contributed by atoms with Gasteiger partial charge in [-0.3, -0.25) is 13.5 Å². The molecule has 0 unspecified atom stereocenters. The fourth-order valence-electron chi connectivity index (χ4n) is 3.25. The predicted octanol–water partition coefficient (Wildman–Crippen LogP) is 3.97. The summed E-state index contributed by atoms with van der Waals surface area (Å²) >= 11 is 2.89. The first-order chi connectivity index (χ1) is 13.7. The number of fused-ring (bicyclic) bond motifs is 1. The van der Waals surface area contributed by atoms with Crippen LogP contribution in [0.25, 0.3) is 10.1 Å². The summed E-state index contributed by atoms with van der Waals surface area (Å²) in [7, 11) is 0. The zero-order valence-corrected chi connectivity index (χ0v) is 17.1. The summed E-state index contributed by atoms with van der Waals surface area (Å²) in [5.74, 6) is -0.0472. The number of nitrogens with one attached hydrogen (secondary N) is 1. The topological polar surface area (TPSA) is 86.1 Å². The molecular weight excluding hydrogens is 396 g/mol. The summed E-state index contributed by atoms with van der Waals surface area (Å²) in [6, 6.07) is 7.68. The van der Waals surface area contributed by atoms with Crippen molar-refractivity contribution in [2.45, 2.75) is 51.2 Å². The van der Waals surface area contributed by atoms with Crippen LogP contribution in [0.2, 0.25) is 0 Å². The van der Waals surface area contributed by atoms with Crippen LogP contribution in [-0.2, 0) is 16.1 Å². The molecule has 0 spiro atoms. The van der Waals surface area contributed by atoms with Gasteiger partial charge in [-0.15, -0.1) is 10.2 Å². The molecule has 1 aliphatic rings. The molecule has 28 heavy (non-hydrogen) atoms. The number of carbonyl (C=O) groups is 1. The Hall–Kier alpha value is -2.10. The SMILES string of the molecule is O=C(CCCCCn1sc2ccccc2c1=O)Nc1nnc([C@@H]2CCCO2)s1.